The Balaban J connectivity index is 0.821. The van der Waals surface area contributed by atoms with E-state index < -0.39 is 31.4 Å². The van der Waals surface area contributed by atoms with Crippen LogP contribution in [0.25, 0.3) is 32.6 Å². The highest BCUT2D eigenvalue weighted by Crippen LogP contribution is 2.40. The number of nitrogens with zero attached hydrogens (tertiary/aromatic N) is 8. The van der Waals surface area contributed by atoms with Gasteiger partial charge in [0.1, 0.15) is 17.3 Å². The SMILES string of the molecule is COCC(C)Nc1ncc2c(-c3ccc(CN4CCN(CCCCCN(CCN[C@H](C(=O)N5CC(O[Si](C)(C)C(C)(C)C)C[C@H]5C(=O)NCc5ccc(-c6scnc6C)cc5)C(C)(C)C)C(=O)OC(C)(C)C)CC4)cc3)cn([C@H]3CC[C@H](O)CC3)c2n1. The fraction of sp³-hybridized carbons (Fsp3) is 0.642. The van der Waals surface area contributed by atoms with Crippen LogP contribution in [0.1, 0.15) is 143 Å². The summed E-state index contributed by atoms with van der Waals surface area (Å²) < 4.78 is 20.5. The van der Waals surface area contributed by atoms with E-state index in [1.54, 1.807) is 28.2 Å². The maximum atomic E-state index is 15.0. The van der Waals surface area contributed by atoms with Crippen molar-refractivity contribution in [2.75, 3.05) is 77.9 Å². The Morgan fingerprint density at radius 1 is 0.851 bits per heavy atom. The van der Waals surface area contributed by atoms with Crippen LogP contribution in [0.15, 0.2) is 66.4 Å². The summed E-state index contributed by atoms with van der Waals surface area (Å²) in [5.41, 5.74) is 8.20. The van der Waals surface area contributed by atoms with E-state index in [9.17, 15) is 14.7 Å². The second kappa shape index (κ2) is 29.5. The molecule has 3 amide bonds. The van der Waals surface area contributed by atoms with E-state index in [2.05, 4.69) is 119 Å². The molecule has 4 atom stereocenters. The minimum absolute atomic E-state index is 0.0455. The Bertz CT molecular complexity index is 3030. The summed E-state index contributed by atoms with van der Waals surface area (Å²) in [6.45, 7) is 35.3. The molecule has 8 rings (SSSR count). The Morgan fingerprint density at radius 2 is 1.52 bits per heavy atom. The lowest BCUT2D eigenvalue weighted by Crippen LogP contribution is -2.57. The summed E-state index contributed by atoms with van der Waals surface area (Å²) in [4.78, 5) is 67.0. The lowest BCUT2D eigenvalue weighted by atomic mass is 9.85. The summed E-state index contributed by atoms with van der Waals surface area (Å²) in [5.74, 6) is 0.250. The van der Waals surface area contributed by atoms with Gasteiger partial charge < -0.3 is 54.2 Å². The average molecular weight is 1230 g/mol. The van der Waals surface area contributed by atoms with Gasteiger partial charge in [-0.25, -0.2) is 14.8 Å². The molecular formula is C67H103N11O7SSi. The number of hydrogen-bond acceptors (Lipinski definition) is 15. The second-order valence-electron chi connectivity index (χ2n) is 28.4. The maximum Gasteiger partial charge on any atom is 0.410 e. The molecule has 18 nitrogen and oxygen atoms in total. The molecule has 478 valence electrons. The largest absolute Gasteiger partial charge is 0.444 e. The number of benzene rings is 2. The highest BCUT2D eigenvalue weighted by molar-refractivity contribution is 7.13. The van der Waals surface area contributed by atoms with E-state index in [4.69, 9.17) is 23.9 Å². The number of fused-ring (bicyclic) bond motifs is 1. The third kappa shape index (κ3) is 18.4. The first-order valence-corrected chi connectivity index (χ1v) is 35.8. The van der Waals surface area contributed by atoms with Crippen molar-refractivity contribution in [1.29, 1.82) is 0 Å². The van der Waals surface area contributed by atoms with Gasteiger partial charge in [-0.15, -0.1) is 11.3 Å². The van der Waals surface area contributed by atoms with Crippen LogP contribution in [0, 0.1) is 12.3 Å². The van der Waals surface area contributed by atoms with E-state index in [-0.39, 0.29) is 47.2 Å². The van der Waals surface area contributed by atoms with Gasteiger partial charge in [-0.05, 0) is 125 Å². The average Bonchev–Trinajstić information content (AvgIpc) is 1.80. The lowest BCUT2D eigenvalue weighted by molar-refractivity contribution is -0.142. The number of aliphatic hydroxyl groups excluding tert-OH is 1. The van der Waals surface area contributed by atoms with Crippen LogP contribution in [0.5, 0.6) is 0 Å². The number of carbonyl (C=O) groups is 3. The predicted molar refractivity (Wildman–Crippen MR) is 352 cm³/mol. The molecule has 0 spiro atoms. The van der Waals surface area contributed by atoms with E-state index in [1.165, 1.54) is 5.56 Å². The molecule has 1 saturated carbocycles. The van der Waals surface area contributed by atoms with E-state index in [1.807, 2.05) is 72.3 Å². The number of aromatic nitrogens is 4. The summed E-state index contributed by atoms with van der Waals surface area (Å²) in [6.07, 6.45) is 9.97. The number of rotatable bonds is 25. The van der Waals surface area contributed by atoms with Gasteiger partial charge in [-0.1, -0.05) is 96.5 Å². The maximum absolute atomic E-state index is 15.0. The number of piperazine rings is 1. The van der Waals surface area contributed by atoms with Crippen LogP contribution in [0.4, 0.5) is 10.7 Å². The zero-order valence-electron chi connectivity index (χ0n) is 54.8. The van der Waals surface area contributed by atoms with Gasteiger partial charge in [0.05, 0.1) is 40.9 Å². The van der Waals surface area contributed by atoms with Gasteiger partial charge in [0.25, 0.3) is 0 Å². The first kappa shape index (κ1) is 67.6. The van der Waals surface area contributed by atoms with Crippen molar-refractivity contribution in [1.82, 2.24) is 49.8 Å². The highest BCUT2D eigenvalue weighted by atomic mass is 32.1. The molecule has 3 fully saturated rings. The van der Waals surface area contributed by atoms with Crippen molar-refractivity contribution in [2.24, 2.45) is 5.41 Å². The molecule has 5 heterocycles. The van der Waals surface area contributed by atoms with Crippen molar-refractivity contribution in [2.45, 2.75) is 201 Å². The number of aryl methyl sites for hydroxylation is 1. The Hall–Kier alpha value is -5.32. The van der Waals surface area contributed by atoms with Crippen LogP contribution in [-0.2, 0) is 36.6 Å². The molecule has 2 aliphatic heterocycles. The van der Waals surface area contributed by atoms with Crippen LogP contribution >= 0.6 is 11.3 Å². The van der Waals surface area contributed by atoms with Crippen LogP contribution in [-0.4, -0.2) is 179 Å². The molecule has 2 unspecified atom stereocenters. The molecule has 5 aromatic rings. The number of nitrogens with one attached hydrogen (secondary N) is 3. The van der Waals surface area contributed by atoms with E-state index in [0.717, 1.165) is 128 Å². The lowest BCUT2D eigenvalue weighted by Gasteiger charge is -2.38. The van der Waals surface area contributed by atoms with Gasteiger partial charge in [0, 0.05) is 114 Å². The fourth-order valence-electron chi connectivity index (χ4n) is 12.0. The van der Waals surface area contributed by atoms with Crippen LogP contribution < -0.4 is 16.0 Å². The van der Waals surface area contributed by atoms with Crippen molar-refractivity contribution < 1.29 is 33.4 Å². The number of hydrogen-bond donors (Lipinski definition) is 4. The molecule has 3 aliphatic rings. The molecule has 0 radical (unpaired) electrons. The third-order valence-corrected chi connectivity index (χ3v) is 23.5. The number of likely N-dealkylation sites (tertiary alicyclic amines) is 1. The molecule has 2 aromatic carbocycles. The summed E-state index contributed by atoms with van der Waals surface area (Å²) in [6, 6.07) is 16.2. The zero-order valence-corrected chi connectivity index (χ0v) is 56.7. The Morgan fingerprint density at radius 3 is 2.15 bits per heavy atom. The number of unbranched alkanes of at least 4 members (excludes halogenated alkanes) is 2. The highest BCUT2D eigenvalue weighted by Gasteiger charge is 2.48. The topological polar surface area (TPSA) is 192 Å². The molecule has 2 saturated heterocycles. The standard InChI is InChI=1S/C67H103N11O7SSi/c1-46(44-83-12)72-63-70-40-55-56(43-77(60(55)73-63)52-26-28-53(79)29-27-52)50-22-20-49(21-23-50)41-75-36-34-74(35-37-75)31-16-15-17-32-76(64(82)84-66(6,7)8)33-30-68-59(65(3,4)5)62(81)78-42-54(85-87(13,14)67(9,10)11)38-57(78)61(80)69-39-48-18-24-51(25-19-48)58-47(2)71-45-86-58/h18-25,40,43,45-46,52-54,57,59,68,79H,15-17,26-39,41-42,44H2,1-14H3,(H,69,80)(H,70,72,73)/t46?,52-,53-,54?,57-,59+/m0/s1. The fourth-order valence-corrected chi connectivity index (χ4v) is 14.2. The smallest absolute Gasteiger partial charge is 0.410 e. The zero-order chi connectivity index (χ0) is 62.8. The van der Waals surface area contributed by atoms with Gasteiger partial charge in [0.2, 0.25) is 17.8 Å². The quantitative estimate of drug-likeness (QED) is 0.0319. The van der Waals surface area contributed by atoms with Crippen LogP contribution in [0.3, 0.4) is 0 Å². The predicted octanol–water partition coefficient (Wildman–Crippen LogP) is 11.3. The van der Waals surface area contributed by atoms with Gasteiger partial charge in [-0.2, -0.15) is 4.98 Å². The number of carbonyl (C=O) groups excluding carboxylic acids is 3. The normalized spacial score (nSPS) is 20.0. The Labute approximate surface area is 524 Å². The molecule has 3 aromatic heterocycles. The number of methoxy groups -OCH3 is 1. The van der Waals surface area contributed by atoms with Crippen molar-refractivity contribution in [3.8, 4) is 21.6 Å². The minimum atomic E-state index is -2.24. The van der Waals surface area contributed by atoms with Crippen molar-refractivity contribution in [3.63, 3.8) is 0 Å². The van der Waals surface area contributed by atoms with Gasteiger partial charge in [0.15, 0.2) is 8.32 Å². The van der Waals surface area contributed by atoms with E-state index >= 15 is 4.79 Å². The molecule has 1 aliphatic carbocycles. The molecular weight excluding hydrogens is 1130 g/mol. The number of thiazole rings is 1. The number of anilines is 1. The number of aliphatic hydroxyl groups is 1. The van der Waals surface area contributed by atoms with Crippen LogP contribution in [0.2, 0.25) is 18.1 Å². The van der Waals surface area contributed by atoms with Gasteiger partial charge in [-0.3, -0.25) is 14.5 Å². The first-order valence-electron chi connectivity index (χ1n) is 32.0. The summed E-state index contributed by atoms with van der Waals surface area (Å²) in [7, 11) is -0.547. The van der Waals surface area contributed by atoms with E-state index in [0.29, 0.717) is 51.7 Å². The second-order valence-corrected chi connectivity index (χ2v) is 34.0. The number of amides is 3. The summed E-state index contributed by atoms with van der Waals surface area (Å²) in [5, 5.41) is 21.4. The third-order valence-electron chi connectivity index (χ3n) is 18.0. The Kier molecular flexibility index (Phi) is 23.0. The monoisotopic (exact) mass is 1230 g/mol. The van der Waals surface area contributed by atoms with Crippen molar-refractivity contribution in [3.05, 3.63) is 83.3 Å². The van der Waals surface area contributed by atoms with Gasteiger partial charge >= 0.3 is 6.09 Å². The molecule has 4 N–H and O–H groups in total. The summed E-state index contributed by atoms with van der Waals surface area (Å²) >= 11 is 1.61. The molecule has 87 heavy (non-hydrogen) atoms. The molecule has 20 heteroatoms. The molecule has 0 bridgehead atoms. The van der Waals surface area contributed by atoms with Crippen molar-refractivity contribution >= 4 is 54.5 Å². The number of ether oxygens (including phenoxy) is 2. The first-order chi connectivity index (χ1) is 41.2. The minimum Gasteiger partial charge on any atom is -0.444 e.